The van der Waals surface area contributed by atoms with Gasteiger partial charge in [-0.3, -0.25) is 9.59 Å². The van der Waals surface area contributed by atoms with E-state index < -0.39 is 6.04 Å². The van der Waals surface area contributed by atoms with Crippen LogP contribution in [0, 0.1) is 5.92 Å². The van der Waals surface area contributed by atoms with Gasteiger partial charge in [-0.15, -0.1) is 0 Å². The van der Waals surface area contributed by atoms with E-state index in [9.17, 15) is 9.59 Å². The van der Waals surface area contributed by atoms with E-state index in [1.54, 1.807) is 6.92 Å². The van der Waals surface area contributed by atoms with Crippen LogP contribution in [-0.2, 0) is 9.59 Å². The highest BCUT2D eigenvalue weighted by molar-refractivity contribution is 5.88. The van der Waals surface area contributed by atoms with Crippen molar-refractivity contribution in [3.8, 4) is 0 Å². The first-order valence-electron chi connectivity index (χ1n) is 5.61. The van der Waals surface area contributed by atoms with Gasteiger partial charge in [-0.2, -0.15) is 0 Å². The van der Waals surface area contributed by atoms with Crippen LogP contribution >= 0.6 is 0 Å². The van der Waals surface area contributed by atoms with Crippen molar-refractivity contribution < 1.29 is 9.59 Å². The second kappa shape index (κ2) is 5.14. The zero-order valence-electron chi connectivity index (χ0n) is 9.67. The smallest absolute Gasteiger partial charge is 0.242 e. The molecule has 0 bridgehead atoms. The van der Waals surface area contributed by atoms with Crippen molar-refractivity contribution in [1.29, 1.82) is 0 Å². The highest BCUT2D eigenvalue weighted by atomic mass is 16.2. The standard InChI is InChI=1S/C11H20N2O2/c1-7(2)12-10(14)8(3)13-11(15)9-5-4-6-9/h7-9H,4-6H2,1-3H3,(H,12,14)(H,13,15)/t8-/m1/s1. The predicted octanol–water partition coefficient (Wildman–Crippen LogP) is 0.816. The van der Waals surface area contributed by atoms with Gasteiger partial charge in [-0.1, -0.05) is 6.42 Å². The molecule has 1 aliphatic carbocycles. The van der Waals surface area contributed by atoms with Gasteiger partial charge in [0.05, 0.1) is 0 Å². The van der Waals surface area contributed by atoms with Gasteiger partial charge < -0.3 is 10.6 Å². The predicted molar refractivity (Wildman–Crippen MR) is 58.2 cm³/mol. The minimum absolute atomic E-state index is 0.0210. The topological polar surface area (TPSA) is 58.2 Å². The van der Waals surface area contributed by atoms with Gasteiger partial charge >= 0.3 is 0 Å². The summed E-state index contributed by atoms with van der Waals surface area (Å²) in [6, 6.07) is -0.318. The molecule has 1 rings (SSSR count). The number of carbonyl (C=O) groups is 2. The molecule has 0 aromatic rings. The Morgan fingerprint density at radius 3 is 2.13 bits per heavy atom. The van der Waals surface area contributed by atoms with Crippen LogP contribution in [0.4, 0.5) is 0 Å². The maximum absolute atomic E-state index is 11.5. The molecule has 86 valence electrons. The van der Waals surface area contributed by atoms with Gasteiger partial charge in [-0.25, -0.2) is 0 Å². The third-order valence-corrected chi connectivity index (χ3v) is 2.66. The molecule has 4 nitrogen and oxygen atoms in total. The van der Waals surface area contributed by atoms with Gasteiger partial charge in [0.15, 0.2) is 0 Å². The normalized spacial score (nSPS) is 18.1. The van der Waals surface area contributed by atoms with Gasteiger partial charge in [-0.05, 0) is 33.6 Å². The molecular weight excluding hydrogens is 192 g/mol. The summed E-state index contributed by atoms with van der Waals surface area (Å²) in [6.07, 6.45) is 3.05. The molecule has 0 saturated heterocycles. The zero-order chi connectivity index (χ0) is 11.4. The molecule has 4 heteroatoms. The van der Waals surface area contributed by atoms with Crippen LogP contribution in [0.15, 0.2) is 0 Å². The van der Waals surface area contributed by atoms with E-state index in [0.29, 0.717) is 0 Å². The molecule has 2 amide bonds. The second-order valence-electron chi connectivity index (χ2n) is 4.52. The third kappa shape index (κ3) is 3.53. The Labute approximate surface area is 90.8 Å². The van der Waals surface area contributed by atoms with E-state index in [1.165, 1.54) is 0 Å². The molecule has 0 spiro atoms. The Balaban J connectivity index is 2.30. The number of amides is 2. The Hall–Kier alpha value is -1.06. The summed E-state index contributed by atoms with van der Waals surface area (Å²) in [7, 11) is 0. The minimum atomic E-state index is -0.430. The molecule has 0 heterocycles. The molecule has 1 aliphatic rings. The summed E-state index contributed by atoms with van der Waals surface area (Å²) < 4.78 is 0. The molecule has 1 atom stereocenters. The lowest BCUT2D eigenvalue weighted by atomic mass is 9.84. The third-order valence-electron chi connectivity index (χ3n) is 2.66. The largest absolute Gasteiger partial charge is 0.352 e. The van der Waals surface area contributed by atoms with E-state index >= 15 is 0 Å². The molecule has 0 aromatic carbocycles. The van der Waals surface area contributed by atoms with Crippen molar-refractivity contribution in [3.63, 3.8) is 0 Å². The van der Waals surface area contributed by atoms with Crippen molar-refractivity contribution in [1.82, 2.24) is 10.6 Å². The van der Waals surface area contributed by atoms with Gasteiger partial charge in [0, 0.05) is 12.0 Å². The van der Waals surface area contributed by atoms with Crippen LogP contribution in [0.3, 0.4) is 0 Å². The van der Waals surface area contributed by atoms with Crippen molar-refractivity contribution >= 4 is 11.8 Å². The van der Waals surface area contributed by atoms with Crippen LogP contribution in [0.2, 0.25) is 0 Å². The first-order chi connectivity index (χ1) is 7.00. The molecule has 0 unspecified atom stereocenters. The van der Waals surface area contributed by atoms with Crippen LogP contribution in [0.25, 0.3) is 0 Å². The summed E-state index contributed by atoms with van der Waals surface area (Å²) in [6.45, 7) is 5.52. The second-order valence-corrected chi connectivity index (χ2v) is 4.52. The number of hydrogen-bond donors (Lipinski definition) is 2. The first kappa shape index (κ1) is 12.0. The van der Waals surface area contributed by atoms with Crippen molar-refractivity contribution in [2.45, 2.75) is 52.1 Å². The molecule has 0 aliphatic heterocycles. The quantitative estimate of drug-likeness (QED) is 0.724. The van der Waals surface area contributed by atoms with E-state index in [0.717, 1.165) is 19.3 Å². The summed E-state index contributed by atoms with van der Waals surface area (Å²) >= 11 is 0. The van der Waals surface area contributed by atoms with E-state index in [1.807, 2.05) is 13.8 Å². The monoisotopic (exact) mass is 212 g/mol. The molecule has 1 fully saturated rings. The Morgan fingerprint density at radius 1 is 1.13 bits per heavy atom. The highest BCUT2D eigenvalue weighted by Crippen LogP contribution is 2.26. The first-order valence-corrected chi connectivity index (χ1v) is 5.61. The minimum Gasteiger partial charge on any atom is -0.352 e. The average molecular weight is 212 g/mol. The fourth-order valence-corrected chi connectivity index (χ4v) is 1.48. The number of nitrogens with one attached hydrogen (secondary N) is 2. The SMILES string of the molecule is CC(C)NC(=O)[C@@H](C)NC(=O)C1CCC1. The number of hydrogen-bond acceptors (Lipinski definition) is 2. The van der Waals surface area contributed by atoms with Crippen LogP contribution in [0.5, 0.6) is 0 Å². The molecule has 0 radical (unpaired) electrons. The Kier molecular flexibility index (Phi) is 4.12. The molecular formula is C11H20N2O2. The van der Waals surface area contributed by atoms with Gasteiger partial charge in [0.2, 0.25) is 11.8 Å². The van der Waals surface area contributed by atoms with E-state index in [4.69, 9.17) is 0 Å². The maximum Gasteiger partial charge on any atom is 0.242 e. The lowest BCUT2D eigenvalue weighted by molar-refractivity contribution is -0.132. The van der Waals surface area contributed by atoms with Crippen molar-refractivity contribution in [2.24, 2.45) is 5.92 Å². The summed E-state index contributed by atoms with van der Waals surface area (Å²) in [5.41, 5.74) is 0. The Bertz CT molecular complexity index is 247. The number of carbonyl (C=O) groups excluding carboxylic acids is 2. The Morgan fingerprint density at radius 2 is 1.73 bits per heavy atom. The van der Waals surface area contributed by atoms with Crippen molar-refractivity contribution in [3.05, 3.63) is 0 Å². The summed E-state index contributed by atoms with van der Waals surface area (Å²) in [5, 5.41) is 5.51. The molecule has 15 heavy (non-hydrogen) atoms. The van der Waals surface area contributed by atoms with Crippen LogP contribution in [-0.4, -0.2) is 23.9 Å². The van der Waals surface area contributed by atoms with Crippen LogP contribution in [0.1, 0.15) is 40.0 Å². The van der Waals surface area contributed by atoms with Gasteiger partial charge in [0.25, 0.3) is 0 Å². The fraction of sp³-hybridized carbons (Fsp3) is 0.818. The van der Waals surface area contributed by atoms with E-state index in [-0.39, 0.29) is 23.8 Å². The van der Waals surface area contributed by atoms with E-state index in [2.05, 4.69) is 10.6 Å². The number of rotatable bonds is 4. The molecule has 1 saturated carbocycles. The zero-order valence-corrected chi connectivity index (χ0v) is 9.67. The molecule has 0 aromatic heterocycles. The average Bonchev–Trinajstić information content (AvgIpc) is 1.98. The van der Waals surface area contributed by atoms with Crippen LogP contribution < -0.4 is 10.6 Å². The lowest BCUT2D eigenvalue weighted by Crippen LogP contribution is -2.49. The lowest BCUT2D eigenvalue weighted by Gasteiger charge is -2.26. The van der Waals surface area contributed by atoms with Gasteiger partial charge in [0.1, 0.15) is 6.04 Å². The highest BCUT2D eigenvalue weighted by Gasteiger charge is 2.27. The molecule has 2 N–H and O–H groups in total. The fourth-order valence-electron chi connectivity index (χ4n) is 1.48. The van der Waals surface area contributed by atoms with Crippen molar-refractivity contribution in [2.75, 3.05) is 0 Å². The maximum atomic E-state index is 11.5. The summed E-state index contributed by atoms with van der Waals surface area (Å²) in [4.78, 5) is 23.0. The summed E-state index contributed by atoms with van der Waals surface area (Å²) in [5.74, 6) is 0.0460.